The van der Waals surface area contributed by atoms with E-state index in [4.69, 9.17) is 17.2 Å². The highest BCUT2D eigenvalue weighted by Gasteiger charge is 2.29. The molecule has 0 spiro atoms. The number of rotatable bonds is 16. The summed E-state index contributed by atoms with van der Waals surface area (Å²) >= 11 is 1.48. The molecule has 14 heteroatoms. The molecule has 0 aliphatic carbocycles. The molecule has 0 fully saturated rings. The fourth-order valence-corrected chi connectivity index (χ4v) is 3.61. The zero-order valence-electron chi connectivity index (χ0n) is 20.1. The smallest absolute Gasteiger partial charge is 0.326 e. The molecule has 3 atom stereocenters. The molecule has 0 aliphatic heterocycles. The van der Waals surface area contributed by atoms with Gasteiger partial charge in [0.25, 0.3) is 0 Å². The molecule has 0 heterocycles. The van der Waals surface area contributed by atoms with E-state index in [0.29, 0.717) is 24.2 Å². The largest absolute Gasteiger partial charge is 0.508 e. The van der Waals surface area contributed by atoms with Gasteiger partial charge in [-0.05, 0) is 49.0 Å². The third-order valence-electron chi connectivity index (χ3n) is 5.02. The van der Waals surface area contributed by atoms with Gasteiger partial charge in [0.1, 0.15) is 23.9 Å². The lowest BCUT2D eigenvalue weighted by molar-refractivity contribution is -0.142. The van der Waals surface area contributed by atoms with Gasteiger partial charge >= 0.3 is 5.97 Å². The summed E-state index contributed by atoms with van der Waals surface area (Å²) in [5.41, 5.74) is 16.6. The van der Waals surface area contributed by atoms with Crippen LogP contribution in [0.5, 0.6) is 5.75 Å². The Kier molecular flexibility index (Phi) is 13.7. The number of nitrogens with two attached hydrogens (primary N) is 3. The molecule has 3 amide bonds. The van der Waals surface area contributed by atoms with Crippen LogP contribution in [0.25, 0.3) is 0 Å². The van der Waals surface area contributed by atoms with Crippen LogP contribution < -0.4 is 33.2 Å². The summed E-state index contributed by atoms with van der Waals surface area (Å²) in [5.74, 6) is -2.64. The first-order chi connectivity index (χ1) is 17.1. The molecule has 1 aromatic rings. The summed E-state index contributed by atoms with van der Waals surface area (Å²) in [7, 11) is 0. The predicted molar refractivity (Wildman–Crippen MR) is 137 cm³/mol. The molecule has 1 aromatic carbocycles. The molecular weight excluding hydrogens is 490 g/mol. The molecule has 0 aromatic heterocycles. The number of guanidine groups is 1. The molecule has 0 radical (unpaired) electrons. The van der Waals surface area contributed by atoms with Crippen LogP contribution in [-0.2, 0) is 25.6 Å². The van der Waals surface area contributed by atoms with Crippen molar-refractivity contribution in [1.29, 1.82) is 0 Å². The Hall–Kier alpha value is -3.52. The monoisotopic (exact) mass is 525 g/mol. The van der Waals surface area contributed by atoms with Crippen LogP contribution in [0.3, 0.4) is 0 Å². The number of carbonyl (C=O) groups excluding carboxylic acids is 3. The fraction of sp³-hybridized carbons (Fsp3) is 0.500. The Balaban J connectivity index is 3.01. The Morgan fingerprint density at radius 2 is 1.56 bits per heavy atom. The average Bonchev–Trinajstić information content (AvgIpc) is 2.83. The maximum absolute atomic E-state index is 13.1. The number of benzene rings is 1. The standard InChI is InChI=1S/C22H35N7O6S/c1-36-10-8-16(27-18(31)12-23)20(33)28-15(3-2-9-26-22(24)25)19(32)29-17(21(34)35)11-13-4-6-14(30)7-5-13/h4-7,15-17,30H,2-3,8-12,23H2,1H3,(H,27,31)(H,28,33)(H,29,32)(H,34,35)(H4,24,25,26). The molecule has 0 aliphatic rings. The van der Waals surface area contributed by atoms with Crippen LogP contribution in [0.4, 0.5) is 0 Å². The van der Waals surface area contributed by atoms with E-state index in [2.05, 4.69) is 20.9 Å². The van der Waals surface area contributed by atoms with Crippen molar-refractivity contribution in [3.8, 4) is 5.75 Å². The Morgan fingerprint density at radius 1 is 0.972 bits per heavy atom. The van der Waals surface area contributed by atoms with Crippen LogP contribution in [0.2, 0.25) is 0 Å². The number of nitrogens with one attached hydrogen (secondary N) is 3. The molecule has 1 rings (SSSR count). The highest BCUT2D eigenvalue weighted by atomic mass is 32.2. The quantitative estimate of drug-likeness (QED) is 0.0687. The second-order valence-corrected chi connectivity index (χ2v) is 8.87. The number of carboxylic acid groups (broad SMARTS) is 1. The van der Waals surface area contributed by atoms with Crippen LogP contribution in [0, 0.1) is 0 Å². The van der Waals surface area contributed by atoms with E-state index in [0.717, 1.165) is 0 Å². The van der Waals surface area contributed by atoms with Gasteiger partial charge in [0.05, 0.1) is 6.54 Å². The number of phenolic OH excluding ortho intramolecular Hbond substituents is 1. The van der Waals surface area contributed by atoms with Crippen molar-refractivity contribution in [2.24, 2.45) is 22.2 Å². The lowest BCUT2D eigenvalue weighted by Gasteiger charge is -2.24. The van der Waals surface area contributed by atoms with Crippen molar-refractivity contribution in [1.82, 2.24) is 16.0 Å². The van der Waals surface area contributed by atoms with Crippen LogP contribution in [0.15, 0.2) is 29.3 Å². The second kappa shape index (κ2) is 16.2. The maximum atomic E-state index is 13.1. The van der Waals surface area contributed by atoms with E-state index in [-0.39, 0.29) is 37.6 Å². The normalized spacial score (nSPS) is 13.1. The zero-order chi connectivity index (χ0) is 27.1. The molecular formula is C22H35N7O6S. The molecule has 0 bridgehead atoms. The third kappa shape index (κ3) is 11.8. The van der Waals surface area contributed by atoms with Crippen molar-refractivity contribution in [2.45, 2.75) is 43.8 Å². The number of aliphatic imine (C=N–C) groups is 1. The highest BCUT2D eigenvalue weighted by Crippen LogP contribution is 2.12. The number of carboxylic acids is 1. The minimum Gasteiger partial charge on any atom is -0.508 e. The molecule has 36 heavy (non-hydrogen) atoms. The van der Waals surface area contributed by atoms with E-state index in [1.54, 1.807) is 12.1 Å². The number of phenols is 1. The van der Waals surface area contributed by atoms with Crippen LogP contribution >= 0.6 is 11.8 Å². The molecule has 3 unspecified atom stereocenters. The average molecular weight is 526 g/mol. The third-order valence-corrected chi connectivity index (χ3v) is 5.66. The van der Waals surface area contributed by atoms with Gasteiger partial charge in [0.15, 0.2) is 5.96 Å². The summed E-state index contributed by atoms with van der Waals surface area (Å²) in [6.45, 7) is -0.110. The topological polar surface area (TPSA) is 235 Å². The van der Waals surface area contributed by atoms with Gasteiger partial charge in [-0.15, -0.1) is 0 Å². The molecule has 0 saturated carbocycles. The van der Waals surface area contributed by atoms with Crippen molar-refractivity contribution in [3.05, 3.63) is 29.8 Å². The molecule has 200 valence electrons. The highest BCUT2D eigenvalue weighted by molar-refractivity contribution is 7.98. The van der Waals surface area contributed by atoms with E-state index in [1.807, 2.05) is 6.26 Å². The van der Waals surface area contributed by atoms with Gasteiger partial charge in [-0.1, -0.05) is 12.1 Å². The fourth-order valence-electron chi connectivity index (χ4n) is 3.14. The zero-order valence-corrected chi connectivity index (χ0v) is 20.9. The molecule has 13 nitrogen and oxygen atoms in total. The molecule has 0 saturated heterocycles. The number of nitrogens with zero attached hydrogens (tertiary/aromatic N) is 1. The van der Waals surface area contributed by atoms with Gasteiger partial charge < -0.3 is 43.4 Å². The molecule has 11 N–H and O–H groups in total. The van der Waals surface area contributed by atoms with Crippen LogP contribution in [-0.4, -0.2) is 83.1 Å². The van der Waals surface area contributed by atoms with Gasteiger partial charge in [0.2, 0.25) is 17.7 Å². The Morgan fingerprint density at radius 3 is 2.08 bits per heavy atom. The van der Waals surface area contributed by atoms with E-state index in [9.17, 15) is 29.4 Å². The van der Waals surface area contributed by atoms with Gasteiger partial charge in [-0.2, -0.15) is 11.8 Å². The first-order valence-corrected chi connectivity index (χ1v) is 12.6. The number of carbonyl (C=O) groups is 4. The first-order valence-electron chi connectivity index (χ1n) is 11.2. The van der Waals surface area contributed by atoms with Gasteiger partial charge in [-0.3, -0.25) is 19.4 Å². The summed E-state index contributed by atoms with van der Waals surface area (Å²) < 4.78 is 0. The van der Waals surface area contributed by atoms with Crippen molar-refractivity contribution in [2.75, 3.05) is 25.1 Å². The number of hydrogen-bond acceptors (Lipinski definition) is 8. The summed E-state index contributed by atoms with van der Waals surface area (Å²) in [6.07, 6.45) is 2.54. The van der Waals surface area contributed by atoms with Crippen molar-refractivity contribution < 1.29 is 29.4 Å². The van der Waals surface area contributed by atoms with Crippen molar-refractivity contribution in [3.63, 3.8) is 0 Å². The summed E-state index contributed by atoms with van der Waals surface area (Å²) in [4.78, 5) is 53.4. The number of aromatic hydroxyl groups is 1. The number of amides is 3. The predicted octanol–water partition coefficient (Wildman–Crippen LogP) is -1.76. The summed E-state index contributed by atoms with van der Waals surface area (Å²) in [5, 5.41) is 26.6. The lowest BCUT2D eigenvalue weighted by Crippen LogP contribution is -2.56. The number of hydrogen-bond donors (Lipinski definition) is 8. The second-order valence-electron chi connectivity index (χ2n) is 7.89. The summed E-state index contributed by atoms with van der Waals surface area (Å²) in [6, 6.07) is 2.59. The van der Waals surface area contributed by atoms with Crippen LogP contribution in [0.1, 0.15) is 24.8 Å². The van der Waals surface area contributed by atoms with Gasteiger partial charge in [0, 0.05) is 13.0 Å². The maximum Gasteiger partial charge on any atom is 0.326 e. The minimum atomic E-state index is -1.29. The van der Waals surface area contributed by atoms with Crippen molar-refractivity contribution >= 4 is 41.4 Å². The van der Waals surface area contributed by atoms with E-state index < -0.39 is 41.8 Å². The Bertz CT molecular complexity index is 909. The SMILES string of the molecule is CSCCC(NC(=O)CN)C(=O)NC(CCCN=C(N)N)C(=O)NC(Cc1ccc(O)cc1)C(=O)O. The Labute approximate surface area is 213 Å². The van der Waals surface area contributed by atoms with E-state index in [1.165, 1.54) is 23.9 Å². The number of aliphatic carboxylic acids is 1. The van der Waals surface area contributed by atoms with Gasteiger partial charge in [-0.25, -0.2) is 4.79 Å². The first kappa shape index (κ1) is 30.5. The lowest BCUT2D eigenvalue weighted by atomic mass is 10.0. The van der Waals surface area contributed by atoms with E-state index >= 15 is 0 Å². The minimum absolute atomic E-state index is 0.0240. The number of thioether (sulfide) groups is 1.